The van der Waals surface area contributed by atoms with Gasteiger partial charge in [-0.1, -0.05) is 44.2 Å². The van der Waals surface area contributed by atoms with Gasteiger partial charge in [-0.05, 0) is 60.9 Å². The summed E-state index contributed by atoms with van der Waals surface area (Å²) in [6.07, 6.45) is 0. The van der Waals surface area contributed by atoms with Crippen molar-refractivity contribution in [2.75, 3.05) is 18.5 Å². The molecular formula is C30H28N2O7. The highest BCUT2D eigenvalue weighted by molar-refractivity contribution is 6.22. The van der Waals surface area contributed by atoms with Crippen molar-refractivity contribution in [1.82, 2.24) is 4.90 Å². The SMILES string of the molecule is CC(C)COC(=O)c1ccc(NC(=O)COC(=O)c2ccc3c(c2)C(=O)N([C@H](C)c2ccccc2)C3=O)cc1. The summed E-state index contributed by atoms with van der Waals surface area (Å²) in [5, 5.41) is 2.58. The van der Waals surface area contributed by atoms with Gasteiger partial charge in [0.2, 0.25) is 0 Å². The maximum absolute atomic E-state index is 13.1. The zero-order chi connectivity index (χ0) is 28.1. The van der Waals surface area contributed by atoms with E-state index in [1.807, 2.05) is 44.2 Å². The van der Waals surface area contributed by atoms with Crippen LogP contribution in [0, 0.1) is 5.92 Å². The van der Waals surface area contributed by atoms with E-state index in [-0.39, 0.29) is 22.6 Å². The fourth-order valence-corrected chi connectivity index (χ4v) is 4.05. The van der Waals surface area contributed by atoms with Crippen molar-refractivity contribution in [3.8, 4) is 0 Å². The number of hydrogen-bond acceptors (Lipinski definition) is 7. The molecule has 0 radical (unpaired) electrons. The zero-order valence-corrected chi connectivity index (χ0v) is 21.8. The molecule has 1 heterocycles. The Morgan fingerprint density at radius 3 is 2.05 bits per heavy atom. The van der Waals surface area contributed by atoms with Crippen LogP contribution in [-0.2, 0) is 14.3 Å². The van der Waals surface area contributed by atoms with Gasteiger partial charge >= 0.3 is 11.9 Å². The second-order valence-corrected chi connectivity index (χ2v) is 9.52. The molecule has 4 rings (SSSR count). The number of hydrogen-bond donors (Lipinski definition) is 1. The van der Waals surface area contributed by atoms with Crippen molar-refractivity contribution < 1.29 is 33.4 Å². The van der Waals surface area contributed by atoms with Crippen molar-refractivity contribution in [2.24, 2.45) is 5.92 Å². The van der Waals surface area contributed by atoms with Gasteiger partial charge in [0.25, 0.3) is 17.7 Å². The quantitative estimate of drug-likeness (QED) is 0.317. The van der Waals surface area contributed by atoms with Crippen LogP contribution in [0.2, 0.25) is 0 Å². The first-order valence-electron chi connectivity index (χ1n) is 12.5. The highest BCUT2D eigenvalue weighted by Gasteiger charge is 2.39. The van der Waals surface area contributed by atoms with Gasteiger partial charge in [-0.3, -0.25) is 19.3 Å². The number of benzene rings is 3. The first-order chi connectivity index (χ1) is 18.7. The second kappa shape index (κ2) is 11.7. The van der Waals surface area contributed by atoms with E-state index >= 15 is 0 Å². The Balaban J connectivity index is 1.34. The number of nitrogens with zero attached hydrogens (tertiary/aromatic N) is 1. The highest BCUT2D eigenvalue weighted by Crippen LogP contribution is 2.31. The third-order valence-electron chi connectivity index (χ3n) is 6.11. The van der Waals surface area contributed by atoms with Crippen LogP contribution in [0.3, 0.4) is 0 Å². The van der Waals surface area contributed by atoms with Gasteiger partial charge < -0.3 is 14.8 Å². The maximum atomic E-state index is 13.1. The fourth-order valence-electron chi connectivity index (χ4n) is 4.05. The summed E-state index contributed by atoms with van der Waals surface area (Å²) in [6.45, 7) is 5.37. The van der Waals surface area contributed by atoms with Crippen LogP contribution in [0.5, 0.6) is 0 Å². The minimum atomic E-state index is -0.814. The smallest absolute Gasteiger partial charge is 0.338 e. The molecule has 39 heavy (non-hydrogen) atoms. The number of nitrogens with one attached hydrogen (secondary N) is 1. The average molecular weight is 529 g/mol. The van der Waals surface area contributed by atoms with Crippen LogP contribution < -0.4 is 5.32 Å². The largest absolute Gasteiger partial charge is 0.462 e. The zero-order valence-electron chi connectivity index (χ0n) is 21.8. The van der Waals surface area contributed by atoms with Gasteiger partial charge in [0.1, 0.15) is 0 Å². The summed E-state index contributed by atoms with van der Waals surface area (Å²) >= 11 is 0. The monoisotopic (exact) mass is 528 g/mol. The van der Waals surface area contributed by atoms with E-state index < -0.39 is 42.3 Å². The molecule has 1 aliphatic heterocycles. The molecule has 9 nitrogen and oxygen atoms in total. The summed E-state index contributed by atoms with van der Waals surface area (Å²) in [5.74, 6) is -2.59. The Hall–Kier alpha value is -4.79. The molecule has 0 fully saturated rings. The fraction of sp³-hybridized carbons (Fsp3) is 0.233. The summed E-state index contributed by atoms with van der Waals surface area (Å²) in [4.78, 5) is 64.0. The molecule has 0 bridgehead atoms. The van der Waals surface area contributed by atoms with Crippen molar-refractivity contribution in [3.05, 3.63) is 101 Å². The van der Waals surface area contributed by atoms with Crippen molar-refractivity contribution in [1.29, 1.82) is 0 Å². The number of carbonyl (C=O) groups excluding carboxylic acids is 5. The topological polar surface area (TPSA) is 119 Å². The number of ether oxygens (including phenoxy) is 2. The molecule has 0 saturated carbocycles. The minimum absolute atomic E-state index is 0.0428. The molecule has 0 aromatic heterocycles. The van der Waals surface area contributed by atoms with E-state index in [1.54, 1.807) is 6.92 Å². The van der Waals surface area contributed by atoms with Gasteiger partial charge in [0.05, 0.1) is 34.9 Å². The number of carbonyl (C=O) groups is 5. The predicted octanol–water partition coefficient (Wildman–Crippen LogP) is 4.65. The number of imide groups is 1. The standard InChI is InChI=1S/C30H28N2O7/c1-18(2)16-38-29(36)21-9-12-23(13-10-21)31-26(33)17-39-30(37)22-11-14-24-25(15-22)28(35)32(27(24)34)19(3)20-7-5-4-6-8-20/h4-15,18-19H,16-17H2,1-3H3,(H,31,33)/t19-/m1/s1. The molecule has 200 valence electrons. The Labute approximate surface area is 225 Å². The molecule has 3 amide bonds. The first-order valence-corrected chi connectivity index (χ1v) is 12.5. The Kier molecular flexibility index (Phi) is 8.19. The molecule has 3 aromatic rings. The van der Waals surface area contributed by atoms with Crippen molar-refractivity contribution in [2.45, 2.75) is 26.8 Å². The van der Waals surface area contributed by atoms with E-state index in [0.29, 0.717) is 17.9 Å². The van der Waals surface area contributed by atoms with Crippen LogP contribution in [-0.4, -0.2) is 47.8 Å². The lowest BCUT2D eigenvalue weighted by atomic mass is 10.1. The highest BCUT2D eigenvalue weighted by atomic mass is 16.5. The summed E-state index contributed by atoms with van der Waals surface area (Å²) in [6, 6.07) is 18.9. The maximum Gasteiger partial charge on any atom is 0.338 e. The van der Waals surface area contributed by atoms with Gasteiger partial charge in [0, 0.05) is 5.69 Å². The minimum Gasteiger partial charge on any atom is -0.462 e. The molecular weight excluding hydrogens is 500 g/mol. The van der Waals surface area contributed by atoms with Gasteiger partial charge in [-0.25, -0.2) is 9.59 Å². The van der Waals surface area contributed by atoms with E-state index in [2.05, 4.69) is 5.32 Å². The van der Waals surface area contributed by atoms with Gasteiger partial charge in [-0.15, -0.1) is 0 Å². The number of fused-ring (bicyclic) bond motifs is 1. The van der Waals surface area contributed by atoms with Crippen LogP contribution in [0.4, 0.5) is 5.69 Å². The van der Waals surface area contributed by atoms with Crippen LogP contribution in [0.1, 0.15) is 73.8 Å². The summed E-state index contributed by atoms with van der Waals surface area (Å²) in [5.41, 5.74) is 1.91. The molecule has 3 aromatic carbocycles. The van der Waals surface area contributed by atoms with E-state index in [1.165, 1.54) is 42.5 Å². The normalized spacial score (nSPS) is 13.2. The number of esters is 2. The van der Waals surface area contributed by atoms with Crippen LogP contribution in [0.25, 0.3) is 0 Å². The van der Waals surface area contributed by atoms with E-state index in [9.17, 15) is 24.0 Å². The van der Waals surface area contributed by atoms with Crippen molar-refractivity contribution >= 4 is 35.3 Å². The third-order valence-corrected chi connectivity index (χ3v) is 6.11. The lowest BCUT2D eigenvalue weighted by molar-refractivity contribution is -0.119. The van der Waals surface area contributed by atoms with Crippen LogP contribution in [0.15, 0.2) is 72.8 Å². The number of amides is 3. The third kappa shape index (κ3) is 6.20. The van der Waals surface area contributed by atoms with E-state index in [4.69, 9.17) is 9.47 Å². The average Bonchev–Trinajstić information content (AvgIpc) is 3.19. The Morgan fingerprint density at radius 1 is 0.769 bits per heavy atom. The molecule has 1 N–H and O–H groups in total. The summed E-state index contributed by atoms with van der Waals surface area (Å²) < 4.78 is 10.3. The van der Waals surface area contributed by atoms with Crippen molar-refractivity contribution in [3.63, 3.8) is 0 Å². The lowest BCUT2D eigenvalue weighted by Crippen LogP contribution is -2.32. The first kappa shape index (κ1) is 27.3. The molecule has 1 atom stereocenters. The van der Waals surface area contributed by atoms with Crippen LogP contribution >= 0.6 is 0 Å². The molecule has 1 aliphatic rings. The van der Waals surface area contributed by atoms with Gasteiger partial charge in [-0.2, -0.15) is 0 Å². The molecule has 0 aliphatic carbocycles. The molecule has 0 saturated heterocycles. The Bertz CT molecular complexity index is 1410. The van der Waals surface area contributed by atoms with Gasteiger partial charge in [0.15, 0.2) is 6.61 Å². The summed E-state index contributed by atoms with van der Waals surface area (Å²) in [7, 11) is 0. The number of rotatable bonds is 9. The predicted molar refractivity (Wildman–Crippen MR) is 142 cm³/mol. The number of anilines is 1. The van der Waals surface area contributed by atoms with E-state index in [0.717, 1.165) is 10.5 Å². The second-order valence-electron chi connectivity index (χ2n) is 9.52. The molecule has 0 spiro atoms. The lowest BCUT2D eigenvalue weighted by Gasteiger charge is -2.22. The Morgan fingerprint density at radius 2 is 1.38 bits per heavy atom. The molecule has 0 unspecified atom stereocenters. The molecule has 9 heteroatoms.